The first-order valence-electron chi connectivity index (χ1n) is 3.62. The van der Waals surface area contributed by atoms with Crippen molar-refractivity contribution in [2.24, 2.45) is 5.92 Å². The monoisotopic (exact) mass is 246 g/mol. The minimum atomic E-state index is -3.02. The summed E-state index contributed by atoms with van der Waals surface area (Å²) in [7, 11) is 0. The summed E-state index contributed by atoms with van der Waals surface area (Å²) < 4.78 is 10.9. The molecule has 0 unspecified atom stereocenters. The van der Waals surface area contributed by atoms with Crippen LogP contribution in [-0.2, 0) is 4.57 Å². The van der Waals surface area contributed by atoms with Gasteiger partial charge in [0.1, 0.15) is 0 Å². The molecule has 0 N–H and O–H groups in total. The zero-order valence-electron chi connectivity index (χ0n) is 7.38. The quantitative estimate of drug-likeness (QED) is 0.656. The predicted octanol–water partition coefficient (Wildman–Crippen LogP) is 4.91. The van der Waals surface area contributed by atoms with E-state index in [2.05, 4.69) is 13.8 Å². The molecule has 0 rings (SSSR count). The first-order chi connectivity index (χ1) is 5.31. The van der Waals surface area contributed by atoms with Crippen molar-refractivity contribution in [3.63, 3.8) is 0 Å². The highest BCUT2D eigenvalue weighted by Crippen LogP contribution is 2.59. The first-order valence-corrected chi connectivity index (χ1v) is 8.19. The van der Waals surface area contributed by atoms with Gasteiger partial charge in [-0.25, -0.2) is 0 Å². The molecule has 0 aliphatic heterocycles. The van der Waals surface area contributed by atoms with E-state index in [4.69, 9.17) is 22.5 Å². The van der Waals surface area contributed by atoms with Crippen LogP contribution < -0.4 is 0 Å². The van der Waals surface area contributed by atoms with Crippen LogP contribution in [0.2, 0.25) is 0 Å². The summed E-state index contributed by atoms with van der Waals surface area (Å²) in [6.45, 7) is 6.12. The van der Waals surface area contributed by atoms with E-state index in [1.165, 1.54) is 5.82 Å². The molecule has 0 bridgehead atoms. The van der Waals surface area contributed by atoms with Gasteiger partial charge in [0, 0.05) is 5.82 Å². The normalized spacial score (nSPS) is 14.0. The van der Waals surface area contributed by atoms with E-state index in [-0.39, 0.29) is 0 Å². The molecule has 0 aromatic rings. The molecule has 0 amide bonds. The first kappa shape index (κ1) is 12.9. The molecular formula is C7H13Cl2OPS. The summed E-state index contributed by atoms with van der Waals surface area (Å²) in [5.74, 6) is 0.0239. The van der Waals surface area contributed by atoms with Crippen LogP contribution >= 0.6 is 40.1 Å². The van der Waals surface area contributed by atoms with E-state index >= 15 is 0 Å². The Bertz CT molecular complexity index is 209. The number of allylic oxidation sites excluding steroid dienone is 1. The fourth-order valence-electron chi connectivity index (χ4n) is 0.547. The van der Waals surface area contributed by atoms with E-state index in [0.29, 0.717) is 5.92 Å². The largest absolute Gasteiger partial charge is 0.285 e. The van der Waals surface area contributed by atoms with Gasteiger partial charge in [-0.05, 0) is 46.0 Å². The van der Waals surface area contributed by atoms with Crippen LogP contribution in [0.3, 0.4) is 0 Å². The highest BCUT2D eigenvalue weighted by Gasteiger charge is 2.09. The van der Waals surface area contributed by atoms with Gasteiger partial charge in [-0.2, -0.15) is 0 Å². The molecule has 0 spiro atoms. The highest BCUT2D eigenvalue weighted by atomic mass is 35.9. The lowest BCUT2D eigenvalue weighted by Gasteiger charge is -2.04. The molecular weight excluding hydrogens is 234 g/mol. The number of hydrogen-bond acceptors (Lipinski definition) is 2. The molecule has 0 radical (unpaired) electrons. The van der Waals surface area contributed by atoms with Crippen LogP contribution in [0.1, 0.15) is 20.8 Å². The minimum Gasteiger partial charge on any atom is -0.285 e. The summed E-state index contributed by atoms with van der Waals surface area (Å²) in [6.07, 6.45) is 0. The van der Waals surface area contributed by atoms with Gasteiger partial charge in [0.25, 0.3) is 5.85 Å². The Hall–Kier alpha value is 0.900. The van der Waals surface area contributed by atoms with Gasteiger partial charge < -0.3 is 0 Å². The Morgan fingerprint density at radius 1 is 1.58 bits per heavy atom. The van der Waals surface area contributed by atoms with Crippen molar-refractivity contribution in [3.05, 3.63) is 10.7 Å². The number of halogens is 2. The lowest BCUT2D eigenvalue weighted by atomic mass is 10.3. The van der Waals surface area contributed by atoms with E-state index in [0.717, 1.165) is 10.7 Å². The highest BCUT2D eigenvalue weighted by molar-refractivity contribution is 8.11. The van der Waals surface area contributed by atoms with Crippen molar-refractivity contribution < 1.29 is 4.57 Å². The van der Waals surface area contributed by atoms with Gasteiger partial charge >= 0.3 is 0 Å². The smallest absolute Gasteiger partial charge is 0.275 e. The van der Waals surface area contributed by atoms with Gasteiger partial charge in [-0.15, -0.1) is 11.8 Å². The molecule has 1 nitrogen and oxygen atoms in total. The van der Waals surface area contributed by atoms with Crippen LogP contribution in [0.25, 0.3) is 0 Å². The van der Waals surface area contributed by atoms with Crippen LogP contribution in [0, 0.1) is 5.92 Å². The second-order valence-electron chi connectivity index (χ2n) is 2.95. The second kappa shape index (κ2) is 5.59. The lowest BCUT2D eigenvalue weighted by molar-refractivity contribution is 0.597. The maximum Gasteiger partial charge on any atom is 0.275 e. The Morgan fingerprint density at radius 3 is 2.42 bits per heavy atom. The summed E-state index contributed by atoms with van der Waals surface area (Å²) in [4.78, 5) is 0.928. The molecule has 0 atom stereocenters. The van der Waals surface area contributed by atoms with Gasteiger partial charge in [-0.1, -0.05) is 13.8 Å². The number of rotatable bonds is 4. The van der Waals surface area contributed by atoms with Gasteiger partial charge in [0.15, 0.2) is 0 Å². The third-order valence-corrected chi connectivity index (χ3v) is 3.83. The van der Waals surface area contributed by atoms with E-state index in [1.807, 2.05) is 6.92 Å². The Morgan fingerprint density at radius 2 is 2.08 bits per heavy atom. The van der Waals surface area contributed by atoms with Crippen molar-refractivity contribution in [3.8, 4) is 0 Å². The molecule has 0 saturated carbocycles. The zero-order valence-corrected chi connectivity index (χ0v) is 10.6. The molecule has 0 fully saturated rings. The molecule has 5 heteroatoms. The molecule has 0 aromatic heterocycles. The van der Waals surface area contributed by atoms with E-state index < -0.39 is 5.85 Å². The number of hydrogen-bond donors (Lipinski definition) is 0. The van der Waals surface area contributed by atoms with Crippen molar-refractivity contribution >= 4 is 40.1 Å². The average molecular weight is 247 g/mol. The predicted molar refractivity (Wildman–Crippen MR) is 60.4 cm³/mol. The van der Waals surface area contributed by atoms with Crippen molar-refractivity contribution in [2.45, 2.75) is 20.8 Å². The molecule has 0 saturated heterocycles. The van der Waals surface area contributed by atoms with Gasteiger partial charge in [-0.3, -0.25) is 4.57 Å². The number of thioether (sulfide) groups is 1. The fourth-order valence-corrected chi connectivity index (χ4v) is 3.54. The Labute approximate surface area is 87.8 Å². The van der Waals surface area contributed by atoms with Crippen LogP contribution in [-0.4, -0.2) is 5.75 Å². The van der Waals surface area contributed by atoms with Crippen molar-refractivity contribution in [2.75, 3.05) is 5.75 Å². The molecule has 0 aliphatic carbocycles. The molecule has 0 aromatic carbocycles. The van der Waals surface area contributed by atoms with E-state index in [1.54, 1.807) is 11.8 Å². The maximum absolute atomic E-state index is 10.9. The Kier molecular flexibility index (Phi) is 6.01. The van der Waals surface area contributed by atoms with Crippen molar-refractivity contribution in [1.82, 2.24) is 0 Å². The molecule has 0 aliphatic rings. The lowest BCUT2D eigenvalue weighted by Crippen LogP contribution is -1.89. The maximum atomic E-state index is 10.9. The summed E-state index contributed by atoms with van der Waals surface area (Å²) in [5.41, 5.74) is 0. The Balaban J connectivity index is 3.96. The van der Waals surface area contributed by atoms with Crippen LogP contribution in [0.4, 0.5) is 0 Å². The molecule has 12 heavy (non-hydrogen) atoms. The van der Waals surface area contributed by atoms with Crippen LogP contribution in [0.5, 0.6) is 0 Å². The summed E-state index contributed by atoms with van der Waals surface area (Å²) in [6, 6.07) is 0. The molecule has 0 heterocycles. The second-order valence-corrected chi connectivity index (χ2v) is 9.01. The topological polar surface area (TPSA) is 17.1 Å². The third kappa shape index (κ3) is 8.99. The van der Waals surface area contributed by atoms with Gasteiger partial charge in [0.2, 0.25) is 0 Å². The van der Waals surface area contributed by atoms with Crippen molar-refractivity contribution in [1.29, 1.82) is 0 Å². The average Bonchev–Trinajstić information content (AvgIpc) is 1.79. The standard InChI is InChI=1S/C7H13Cl2OPS/c1-6(2)5-12-7(3)4-11(8,9)10/h4,6H,5H2,1-3H3/b7-4+. The van der Waals surface area contributed by atoms with Crippen LogP contribution in [0.15, 0.2) is 10.7 Å². The summed E-state index contributed by atoms with van der Waals surface area (Å²) in [5, 5.41) is 0. The molecule has 72 valence electrons. The van der Waals surface area contributed by atoms with E-state index in [9.17, 15) is 4.57 Å². The zero-order chi connectivity index (χ0) is 9.78. The third-order valence-electron chi connectivity index (χ3n) is 0.976. The SMILES string of the molecule is C/C(=C\P(=O)(Cl)Cl)SCC(C)C. The fraction of sp³-hybridized carbons (Fsp3) is 0.714. The minimum absolute atomic E-state index is 0.614. The summed E-state index contributed by atoms with van der Waals surface area (Å²) >= 11 is 12.4. The van der Waals surface area contributed by atoms with Gasteiger partial charge in [0.05, 0.1) is 0 Å².